The molecule has 1 saturated heterocycles. The lowest BCUT2D eigenvalue weighted by Crippen LogP contribution is -2.29. The van der Waals surface area contributed by atoms with Crippen LogP contribution in [0.15, 0.2) is 55.4 Å². The van der Waals surface area contributed by atoms with Crippen molar-refractivity contribution in [2.75, 3.05) is 42.8 Å². The molecule has 0 aliphatic carbocycles. The van der Waals surface area contributed by atoms with E-state index in [9.17, 15) is 0 Å². The molecule has 0 amide bonds. The molecule has 2 N–H and O–H groups in total. The normalized spacial score (nSPS) is 13.9. The zero-order chi connectivity index (χ0) is 24.4. The largest absolute Gasteiger partial charge is 0.372 e. The molecule has 0 bridgehead atoms. The highest BCUT2D eigenvalue weighted by Gasteiger charge is 2.18. The summed E-state index contributed by atoms with van der Waals surface area (Å²) in [6.07, 6.45) is 7.40. The highest BCUT2D eigenvalue weighted by atomic mass is 15.5. The van der Waals surface area contributed by atoms with Gasteiger partial charge in [-0.1, -0.05) is 18.7 Å². The summed E-state index contributed by atoms with van der Waals surface area (Å²) < 4.78 is 2.00. The molecule has 180 valence electrons. The van der Waals surface area contributed by atoms with Crippen LogP contribution in [-0.4, -0.2) is 51.7 Å². The zero-order valence-electron chi connectivity index (χ0n) is 20.6. The predicted molar refractivity (Wildman–Crippen MR) is 145 cm³/mol. The van der Waals surface area contributed by atoms with Crippen molar-refractivity contribution in [3.05, 3.63) is 61.1 Å². The fourth-order valence-electron chi connectivity index (χ4n) is 4.55. The predicted octanol–water partition coefficient (Wildman–Crippen LogP) is 5.30. The van der Waals surface area contributed by atoms with E-state index >= 15 is 0 Å². The number of nitrogens with one attached hydrogen (secondary N) is 2. The van der Waals surface area contributed by atoms with Crippen molar-refractivity contribution in [2.45, 2.75) is 19.3 Å². The van der Waals surface area contributed by atoms with E-state index in [4.69, 9.17) is 9.97 Å². The molecule has 1 aliphatic rings. The first-order valence-electron chi connectivity index (χ1n) is 12.0. The van der Waals surface area contributed by atoms with Gasteiger partial charge in [0.05, 0.1) is 17.4 Å². The van der Waals surface area contributed by atoms with Gasteiger partial charge >= 0.3 is 0 Å². The van der Waals surface area contributed by atoms with E-state index in [-0.39, 0.29) is 0 Å². The molecule has 8 heteroatoms. The Balaban J connectivity index is 1.51. The lowest BCUT2D eigenvalue weighted by atomic mass is 10.1. The molecule has 0 saturated carbocycles. The molecule has 1 aliphatic heterocycles. The topological polar surface area (TPSA) is 74.1 Å². The van der Waals surface area contributed by atoms with E-state index in [0.29, 0.717) is 17.3 Å². The molecule has 0 atom stereocenters. The summed E-state index contributed by atoms with van der Waals surface area (Å²) in [5.74, 6) is 1.29. The molecule has 0 spiro atoms. The maximum Gasteiger partial charge on any atom is 0.169 e. The Kier molecular flexibility index (Phi) is 6.37. The Morgan fingerprint density at radius 3 is 2.46 bits per heavy atom. The fraction of sp³-hybridized carbons (Fsp3) is 0.296. The molecule has 0 radical (unpaired) electrons. The molecule has 5 rings (SSSR count). The number of anilines is 4. The summed E-state index contributed by atoms with van der Waals surface area (Å²) in [6, 6.07) is 14.6. The van der Waals surface area contributed by atoms with E-state index in [1.807, 2.05) is 49.2 Å². The number of fused-ring (bicyclic) bond motifs is 1. The minimum absolute atomic E-state index is 0.645. The standard InChI is InChI=1S/C27H32N8/c1-5-22-26(29-19-12-14-20(15-13-19)35-16-7-6-8-17-35)31-27(32-33(2)3)25(30-22)21-10-9-11-23-24(21)28-18-34(23)4/h5,9-15,18H,1,6-8,16-17H2,2-4H3,(H2,29,31,32). The average Bonchev–Trinajstić information content (AvgIpc) is 3.26. The number of para-hydroxylation sites is 1. The second-order valence-electron chi connectivity index (χ2n) is 9.11. The van der Waals surface area contributed by atoms with Crippen LogP contribution < -0.4 is 15.6 Å². The Labute approximate surface area is 206 Å². The van der Waals surface area contributed by atoms with E-state index in [0.717, 1.165) is 41.1 Å². The quantitative estimate of drug-likeness (QED) is 0.357. The van der Waals surface area contributed by atoms with Gasteiger partial charge in [0.2, 0.25) is 0 Å². The van der Waals surface area contributed by atoms with Gasteiger partial charge in [0.15, 0.2) is 11.6 Å². The summed E-state index contributed by atoms with van der Waals surface area (Å²) in [5.41, 5.74) is 9.78. The number of hydrogen-bond donors (Lipinski definition) is 2. The molecule has 2 aromatic heterocycles. The van der Waals surface area contributed by atoms with Crippen LogP contribution in [0, 0.1) is 0 Å². The van der Waals surface area contributed by atoms with Crippen LogP contribution in [0.3, 0.4) is 0 Å². The minimum Gasteiger partial charge on any atom is -0.372 e. The van der Waals surface area contributed by atoms with Gasteiger partial charge in [0, 0.05) is 51.2 Å². The van der Waals surface area contributed by atoms with Gasteiger partial charge in [-0.25, -0.2) is 20.0 Å². The van der Waals surface area contributed by atoms with Crippen LogP contribution >= 0.6 is 0 Å². The van der Waals surface area contributed by atoms with Gasteiger partial charge in [0.25, 0.3) is 0 Å². The summed E-state index contributed by atoms with van der Waals surface area (Å²) >= 11 is 0. The van der Waals surface area contributed by atoms with Crippen molar-refractivity contribution in [1.29, 1.82) is 0 Å². The lowest BCUT2D eigenvalue weighted by Gasteiger charge is -2.28. The third kappa shape index (κ3) is 4.70. The molecule has 8 nitrogen and oxygen atoms in total. The number of nitrogens with zero attached hydrogens (tertiary/aromatic N) is 6. The van der Waals surface area contributed by atoms with E-state index in [2.05, 4.69) is 57.5 Å². The van der Waals surface area contributed by atoms with Gasteiger partial charge in [-0.15, -0.1) is 0 Å². The maximum atomic E-state index is 4.97. The van der Waals surface area contributed by atoms with Gasteiger partial charge < -0.3 is 20.2 Å². The molecule has 1 fully saturated rings. The molecular formula is C27H32N8. The molecule has 3 heterocycles. The number of benzene rings is 2. The van der Waals surface area contributed by atoms with Gasteiger partial charge in [-0.2, -0.15) is 0 Å². The Hall–Kier alpha value is -3.91. The second kappa shape index (κ2) is 9.76. The van der Waals surface area contributed by atoms with Gasteiger partial charge in [0.1, 0.15) is 11.4 Å². The SMILES string of the molecule is C=Cc1nc(-c2cccc3c2ncn3C)c(NN(C)C)nc1Nc1ccc(N2CCCCC2)cc1. The first-order valence-corrected chi connectivity index (χ1v) is 12.0. The first kappa shape index (κ1) is 22.9. The number of rotatable bonds is 7. The number of aryl methyl sites for hydroxylation is 1. The van der Waals surface area contributed by atoms with Crippen molar-refractivity contribution in [1.82, 2.24) is 24.5 Å². The van der Waals surface area contributed by atoms with E-state index in [1.54, 1.807) is 6.08 Å². The summed E-state index contributed by atoms with van der Waals surface area (Å²) in [5, 5.41) is 5.30. The van der Waals surface area contributed by atoms with Gasteiger partial charge in [-0.3, -0.25) is 0 Å². The van der Waals surface area contributed by atoms with Crippen molar-refractivity contribution in [3.8, 4) is 11.3 Å². The third-order valence-corrected chi connectivity index (χ3v) is 6.31. The number of piperidine rings is 1. The smallest absolute Gasteiger partial charge is 0.169 e. The number of hydrazine groups is 1. The van der Waals surface area contributed by atoms with Crippen LogP contribution in [0.1, 0.15) is 25.0 Å². The zero-order valence-corrected chi connectivity index (χ0v) is 20.6. The van der Waals surface area contributed by atoms with Crippen molar-refractivity contribution in [2.24, 2.45) is 7.05 Å². The summed E-state index contributed by atoms with van der Waals surface area (Å²) in [4.78, 5) is 17.0. The summed E-state index contributed by atoms with van der Waals surface area (Å²) in [6.45, 7) is 6.26. The van der Waals surface area contributed by atoms with Crippen LogP contribution in [0.2, 0.25) is 0 Å². The Morgan fingerprint density at radius 1 is 0.971 bits per heavy atom. The number of hydrogen-bond acceptors (Lipinski definition) is 7. The Bertz CT molecular complexity index is 1330. The van der Waals surface area contributed by atoms with Crippen molar-refractivity contribution < 1.29 is 0 Å². The van der Waals surface area contributed by atoms with Crippen LogP contribution in [0.25, 0.3) is 28.4 Å². The molecule has 0 unspecified atom stereocenters. The lowest BCUT2D eigenvalue weighted by molar-refractivity contribution is 0.492. The Morgan fingerprint density at radius 2 is 1.74 bits per heavy atom. The highest BCUT2D eigenvalue weighted by molar-refractivity contribution is 5.94. The van der Waals surface area contributed by atoms with Crippen LogP contribution in [0.5, 0.6) is 0 Å². The number of aromatic nitrogens is 4. The van der Waals surface area contributed by atoms with Gasteiger partial charge in [-0.05, 0) is 55.7 Å². The van der Waals surface area contributed by atoms with E-state index in [1.165, 1.54) is 24.9 Å². The maximum absolute atomic E-state index is 4.97. The van der Waals surface area contributed by atoms with E-state index < -0.39 is 0 Å². The molecule has 4 aromatic rings. The second-order valence-corrected chi connectivity index (χ2v) is 9.11. The third-order valence-electron chi connectivity index (χ3n) is 6.31. The number of imidazole rings is 1. The van der Waals surface area contributed by atoms with Crippen molar-refractivity contribution in [3.63, 3.8) is 0 Å². The average molecular weight is 469 g/mol. The van der Waals surface area contributed by atoms with Crippen LogP contribution in [0.4, 0.5) is 23.0 Å². The molecule has 35 heavy (non-hydrogen) atoms. The summed E-state index contributed by atoms with van der Waals surface area (Å²) in [7, 11) is 5.85. The monoisotopic (exact) mass is 468 g/mol. The van der Waals surface area contributed by atoms with Crippen molar-refractivity contribution >= 4 is 40.1 Å². The molecular weight excluding hydrogens is 436 g/mol. The van der Waals surface area contributed by atoms with Crippen LogP contribution in [-0.2, 0) is 7.05 Å². The fourth-order valence-corrected chi connectivity index (χ4v) is 4.55. The minimum atomic E-state index is 0.645. The molecule has 2 aromatic carbocycles. The highest BCUT2D eigenvalue weighted by Crippen LogP contribution is 2.34. The first-order chi connectivity index (χ1) is 17.0.